The minimum atomic E-state index is -0.201. The fourth-order valence-electron chi connectivity index (χ4n) is 2.47. The van der Waals surface area contributed by atoms with E-state index in [-0.39, 0.29) is 11.9 Å². The third kappa shape index (κ3) is 3.09. The summed E-state index contributed by atoms with van der Waals surface area (Å²) in [6.07, 6.45) is 1.81. The summed E-state index contributed by atoms with van der Waals surface area (Å²) >= 11 is 0. The van der Waals surface area contributed by atoms with Crippen molar-refractivity contribution in [3.05, 3.63) is 77.7 Å². The summed E-state index contributed by atoms with van der Waals surface area (Å²) in [6, 6.07) is 16.9. The summed E-state index contributed by atoms with van der Waals surface area (Å²) in [7, 11) is 0. The molecule has 1 N–H and O–H groups in total. The van der Waals surface area contributed by atoms with Gasteiger partial charge in [0.2, 0.25) is 0 Å². The quantitative estimate of drug-likeness (QED) is 0.773. The van der Waals surface area contributed by atoms with Crippen LogP contribution in [0.25, 0.3) is 10.9 Å². The summed E-state index contributed by atoms with van der Waals surface area (Å²) in [5, 5.41) is 4.56. The number of nitrogens with one attached hydrogen (secondary N) is 1. The van der Waals surface area contributed by atoms with Crippen molar-refractivity contribution < 1.29 is 4.39 Å². The number of hydrogen-bond acceptors (Lipinski definition) is 2. The molecule has 0 saturated carbocycles. The molecule has 0 bridgehead atoms. The van der Waals surface area contributed by atoms with Crippen molar-refractivity contribution >= 4 is 10.9 Å². The maximum Gasteiger partial charge on any atom is 0.123 e. The fraction of sp³-hybridized carbons (Fsp3) is 0.167. The minimum Gasteiger partial charge on any atom is -0.306 e. The van der Waals surface area contributed by atoms with E-state index in [4.69, 9.17) is 0 Å². The molecule has 3 heteroatoms. The molecule has 1 atom stereocenters. The monoisotopic (exact) mass is 280 g/mol. The highest BCUT2D eigenvalue weighted by Crippen LogP contribution is 2.18. The van der Waals surface area contributed by atoms with Crippen molar-refractivity contribution in [2.24, 2.45) is 0 Å². The predicted molar refractivity (Wildman–Crippen MR) is 83.4 cm³/mol. The van der Waals surface area contributed by atoms with Crippen LogP contribution in [0, 0.1) is 5.82 Å². The van der Waals surface area contributed by atoms with Gasteiger partial charge >= 0.3 is 0 Å². The maximum absolute atomic E-state index is 13.3. The van der Waals surface area contributed by atoms with Gasteiger partial charge in [0.1, 0.15) is 5.82 Å². The van der Waals surface area contributed by atoms with E-state index in [1.54, 1.807) is 12.1 Å². The molecule has 0 aliphatic rings. The first-order valence-electron chi connectivity index (χ1n) is 7.05. The first-order chi connectivity index (χ1) is 10.2. The SMILES string of the molecule is C[C@H](NCc1cccc2cccnc12)c1cccc(F)c1. The second-order valence-corrected chi connectivity index (χ2v) is 5.15. The maximum atomic E-state index is 13.3. The van der Waals surface area contributed by atoms with Gasteiger partial charge in [-0.25, -0.2) is 4.39 Å². The van der Waals surface area contributed by atoms with Gasteiger partial charge in [0.25, 0.3) is 0 Å². The molecule has 0 amide bonds. The molecule has 21 heavy (non-hydrogen) atoms. The number of rotatable bonds is 4. The Labute approximate surface area is 123 Å². The van der Waals surface area contributed by atoms with E-state index in [9.17, 15) is 4.39 Å². The van der Waals surface area contributed by atoms with Gasteiger partial charge in [0, 0.05) is 24.2 Å². The van der Waals surface area contributed by atoms with Gasteiger partial charge in [-0.3, -0.25) is 4.98 Å². The normalized spacial score (nSPS) is 12.5. The van der Waals surface area contributed by atoms with Gasteiger partial charge in [-0.15, -0.1) is 0 Å². The third-order valence-electron chi connectivity index (χ3n) is 3.66. The lowest BCUT2D eigenvalue weighted by Crippen LogP contribution is -2.18. The number of benzene rings is 2. The number of halogens is 1. The van der Waals surface area contributed by atoms with Gasteiger partial charge < -0.3 is 5.32 Å². The Bertz CT molecular complexity index is 750. The van der Waals surface area contributed by atoms with E-state index in [2.05, 4.69) is 28.5 Å². The molecule has 0 radical (unpaired) electrons. The van der Waals surface area contributed by atoms with Crippen molar-refractivity contribution in [1.29, 1.82) is 0 Å². The molecule has 0 unspecified atom stereocenters. The second-order valence-electron chi connectivity index (χ2n) is 5.15. The van der Waals surface area contributed by atoms with Crippen LogP contribution in [0.2, 0.25) is 0 Å². The first kappa shape index (κ1) is 13.7. The van der Waals surface area contributed by atoms with Crippen LogP contribution in [-0.4, -0.2) is 4.98 Å². The fourth-order valence-corrected chi connectivity index (χ4v) is 2.47. The molecule has 0 spiro atoms. The highest BCUT2D eigenvalue weighted by Gasteiger charge is 2.07. The molecule has 3 rings (SSSR count). The molecule has 106 valence electrons. The number of fused-ring (bicyclic) bond motifs is 1. The van der Waals surface area contributed by atoms with Crippen LogP contribution in [0.3, 0.4) is 0 Å². The Balaban J connectivity index is 1.77. The topological polar surface area (TPSA) is 24.9 Å². The van der Waals surface area contributed by atoms with E-state index in [1.807, 2.05) is 31.3 Å². The summed E-state index contributed by atoms with van der Waals surface area (Å²) in [5.74, 6) is -0.201. The summed E-state index contributed by atoms with van der Waals surface area (Å²) in [6.45, 7) is 2.74. The summed E-state index contributed by atoms with van der Waals surface area (Å²) in [4.78, 5) is 4.45. The molecule has 0 aliphatic carbocycles. The van der Waals surface area contributed by atoms with E-state index in [0.717, 1.165) is 22.0 Å². The average Bonchev–Trinajstić information content (AvgIpc) is 2.52. The van der Waals surface area contributed by atoms with E-state index in [1.165, 1.54) is 6.07 Å². The zero-order valence-corrected chi connectivity index (χ0v) is 11.9. The van der Waals surface area contributed by atoms with Gasteiger partial charge in [0.15, 0.2) is 0 Å². The van der Waals surface area contributed by atoms with Crippen LogP contribution < -0.4 is 5.32 Å². The molecule has 3 aromatic rings. The molecule has 2 nitrogen and oxygen atoms in total. The highest BCUT2D eigenvalue weighted by molar-refractivity contribution is 5.81. The Kier molecular flexibility index (Phi) is 3.93. The minimum absolute atomic E-state index is 0.0830. The Hall–Kier alpha value is -2.26. The predicted octanol–water partition coefficient (Wildman–Crippen LogP) is 4.22. The lowest BCUT2D eigenvalue weighted by molar-refractivity contribution is 0.566. The second kappa shape index (κ2) is 6.02. The van der Waals surface area contributed by atoms with Crippen molar-refractivity contribution in [2.45, 2.75) is 19.5 Å². The van der Waals surface area contributed by atoms with Crippen LogP contribution >= 0.6 is 0 Å². The average molecular weight is 280 g/mol. The van der Waals surface area contributed by atoms with Gasteiger partial charge in [-0.05, 0) is 36.2 Å². The van der Waals surface area contributed by atoms with Crippen molar-refractivity contribution in [3.63, 3.8) is 0 Å². The standard InChI is InChI=1S/C18H17FN2/c1-13(15-6-3-9-17(19)11-15)21-12-16-7-2-5-14-8-4-10-20-18(14)16/h2-11,13,21H,12H2,1H3/t13-/m0/s1. The lowest BCUT2D eigenvalue weighted by atomic mass is 10.1. The molecule has 1 aromatic heterocycles. The van der Waals surface area contributed by atoms with Gasteiger partial charge in [-0.1, -0.05) is 36.4 Å². The molecule has 0 saturated heterocycles. The molecule has 0 aliphatic heterocycles. The van der Waals surface area contributed by atoms with Crippen LogP contribution in [0.15, 0.2) is 60.8 Å². The van der Waals surface area contributed by atoms with Crippen LogP contribution in [0.5, 0.6) is 0 Å². The van der Waals surface area contributed by atoms with Gasteiger partial charge in [-0.2, -0.15) is 0 Å². The summed E-state index contributed by atoms with van der Waals surface area (Å²) in [5.41, 5.74) is 3.11. The number of nitrogens with zero attached hydrogens (tertiary/aromatic N) is 1. The number of para-hydroxylation sites is 1. The number of pyridine rings is 1. The number of hydrogen-bond donors (Lipinski definition) is 1. The molecule has 0 fully saturated rings. The summed E-state index contributed by atoms with van der Waals surface area (Å²) < 4.78 is 13.3. The molecular weight excluding hydrogens is 263 g/mol. The van der Waals surface area contributed by atoms with Crippen LogP contribution in [0.4, 0.5) is 4.39 Å². The third-order valence-corrected chi connectivity index (χ3v) is 3.66. The lowest BCUT2D eigenvalue weighted by Gasteiger charge is -2.15. The smallest absolute Gasteiger partial charge is 0.123 e. The van der Waals surface area contributed by atoms with Crippen molar-refractivity contribution in [2.75, 3.05) is 0 Å². The Morgan fingerprint density at radius 3 is 2.76 bits per heavy atom. The van der Waals surface area contributed by atoms with Crippen molar-refractivity contribution in [3.8, 4) is 0 Å². The zero-order chi connectivity index (χ0) is 14.7. The molecular formula is C18H17FN2. The molecule has 1 heterocycles. The Morgan fingerprint density at radius 2 is 1.90 bits per heavy atom. The largest absolute Gasteiger partial charge is 0.306 e. The van der Waals surface area contributed by atoms with Crippen LogP contribution in [-0.2, 0) is 6.54 Å². The van der Waals surface area contributed by atoms with Crippen LogP contribution in [0.1, 0.15) is 24.1 Å². The van der Waals surface area contributed by atoms with E-state index < -0.39 is 0 Å². The van der Waals surface area contributed by atoms with Crippen molar-refractivity contribution in [1.82, 2.24) is 10.3 Å². The van der Waals surface area contributed by atoms with Gasteiger partial charge in [0.05, 0.1) is 5.52 Å². The number of aromatic nitrogens is 1. The molecule has 2 aromatic carbocycles. The van der Waals surface area contributed by atoms with E-state index >= 15 is 0 Å². The highest BCUT2D eigenvalue weighted by atomic mass is 19.1. The first-order valence-corrected chi connectivity index (χ1v) is 7.05. The zero-order valence-electron chi connectivity index (χ0n) is 11.9. The van der Waals surface area contributed by atoms with E-state index in [0.29, 0.717) is 6.54 Å². The Morgan fingerprint density at radius 1 is 1.10 bits per heavy atom.